The monoisotopic (exact) mass is 318 g/mol. The summed E-state index contributed by atoms with van der Waals surface area (Å²) in [7, 11) is 0. The van der Waals surface area contributed by atoms with Gasteiger partial charge in [0.2, 0.25) is 0 Å². The molecule has 1 atom stereocenters. The second kappa shape index (κ2) is 9.04. The van der Waals surface area contributed by atoms with Crippen molar-refractivity contribution in [1.82, 2.24) is 9.80 Å². The van der Waals surface area contributed by atoms with Crippen molar-refractivity contribution in [2.24, 2.45) is 0 Å². The van der Waals surface area contributed by atoms with Crippen molar-refractivity contribution in [3.63, 3.8) is 0 Å². The normalized spacial score (nSPS) is 18.2. The molecule has 1 unspecified atom stereocenters. The smallest absolute Gasteiger partial charge is 0.317 e. The largest absolute Gasteiger partial charge is 0.480 e. The fraction of sp³-hybridized carbons (Fsp3) is 0.632. The second-order valence-corrected chi connectivity index (χ2v) is 6.50. The molecule has 23 heavy (non-hydrogen) atoms. The van der Waals surface area contributed by atoms with Gasteiger partial charge in [-0.25, -0.2) is 0 Å². The van der Waals surface area contributed by atoms with Crippen LogP contribution in [-0.4, -0.2) is 59.6 Å². The summed E-state index contributed by atoms with van der Waals surface area (Å²) >= 11 is 0. The number of nitrogens with zero attached hydrogens (tertiary/aromatic N) is 2. The number of aliphatic carboxylic acids is 1. The van der Waals surface area contributed by atoms with Crippen molar-refractivity contribution in [2.45, 2.75) is 45.1 Å². The number of likely N-dealkylation sites (tertiary alicyclic amines) is 1. The predicted molar refractivity (Wildman–Crippen MR) is 93.8 cm³/mol. The van der Waals surface area contributed by atoms with Gasteiger partial charge in [-0.1, -0.05) is 44.2 Å². The molecule has 0 aliphatic carbocycles. The minimum atomic E-state index is -0.718. The van der Waals surface area contributed by atoms with Crippen LogP contribution in [0, 0.1) is 0 Å². The number of likely N-dealkylation sites (N-methyl/N-ethyl adjacent to an activating group) is 1. The van der Waals surface area contributed by atoms with Gasteiger partial charge in [-0.3, -0.25) is 9.69 Å². The number of carboxylic acids is 1. The molecule has 0 amide bonds. The molecule has 1 aromatic rings. The maximum absolute atomic E-state index is 11.0. The van der Waals surface area contributed by atoms with Crippen LogP contribution in [0.1, 0.15) is 44.6 Å². The van der Waals surface area contributed by atoms with Gasteiger partial charge in [0.25, 0.3) is 0 Å². The summed E-state index contributed by atoms with van der Waals surface area (Å²) in [6.45, 7) is 8.56. The van der Waals surface area contributed by atoms with Gasteiger partial charge in [0.1, 0.15) is 0 Å². The lowest BCUT2D eigenvalue weighted by Gasteiger charge is -2.38. The minimum Gasteiger partial charge on any atom is -0.480 e. The third kappa shape index (κ3) is 5.33. The Labute approximate surface area is 140 Å². The Bertz CT molecular complexity index is 470. The van der Waals surface area contributed by atoms with Crippen LogP contribution in [0.15, 0.2) is 30.3 Å². The van der Waals surface area contributed by atoms with Gasteiger partial charge in [0, 0.05) is 12.6 Å². The van der Waals surface area contributed by atoms with Crippen LogP contribution in [0.3, 0.4) is 0 Å². The molecule has 0 spiro atoms. The Balaban J connectivity index is 1.85. The first kappa shape index (κ1) is 18.0. The highest BCUT2D eigenvalue weighted by atomic mass is 16.4. The molecular weight excluding hydrogens is 288 g/mol. The summed E-state index contributed by atoms with van der Waals surface area (Å²) in [6.07, 6.45) is 3.31. The fourth-order valence-electron chi connectivity index (χ4n) is 3.65. The van der Waals surface area contributed by atoms with Crippen molar-refractivity contribution in [2.75, 3.05) is 32.7 Å². The predicted octanol–water partition coefficient (Wildman–Crippen LogP) is 3.05. The number of piperidine rings is 1. The summed E-state index contributed by atoms with van der Waals surface area (Å²) in [5.74, 6) is -0.126. The average Bonchev–Trinajstić information content (AvgIpc) is 2.59. The van der Waals surface area contributed by atoms with E-state index in [1.54, 1.807) is 0 Å². The number of carboxylic acid groups (broad SMARTS) is 1. The molecule has 0 aromatic heterocycles. The molecule has 2 rings (SSSR count). The zero-order valence-corrected chi connectivity index (χ0v) is 14.4. The van der Waals surface area contributed by atoms with E-state index in [1.807, 2.05) is 0 Å². The molecule has 128 valence electrons. The zero-order valence-electron chi connectivity index (χ0n) is 14.4. The Morgan fingerprint density at radius 2 is 1.91 bits per heavy atom. The molecule has 1 aliphatic rings. The maximum atomic E-state index is 11.0. The highest BCUT2D eigenvalue weighted by Gasteiger charge is 2.26. The maximum Gasteiger partial charge on any atom is 0.317 e. The van der Waals surface area contributed by atoms with E-state index in [9.17, 15) is 4.79 Å². The average molecular weight is 318 g/mol. The van der Waals surface area contributed by atoms with Gasteiger partial charge in [-0.2, -0.15) is 0 Å². The third-order valence-electron chi connectivity index (χ3n) is 5.06. The Hall–Kier alpha value is -1.39. The third-order valence-corrected chi connectivity index (χ3v) is 5.06. The molecule has 1 aromatic carbocycles. The lowest BCUT2D eigenvalue weighted by Crippen LogP contribution is -2.47. The van der Waals surface area contributed by atoms with E-state index in [0.29, 0.717) is 12.0 Å². The van der Waals surface area contributed by atoms with E-state index < -0.39 is 5.97 Å². The second-order valence-electron chi connectivity index (χ2n) is 6.50. The summed E-state index contributed by atoms with van der Waals surface area (Å²) in [6, 6.07) is 11.2. The van der Waals surface area contributed by atoms with Crippen molar-refractivity contribution in [3.8, 4) is 0 Å². The van der Waals surface area contributed by atoms with Crippen LogP contribution < -0.4 is 0 Å². The van der Waals surface area contributed by atoms with E-state index in [0.717, 1.165) is 45.4 Å². The molecule has 1 aliphatic heterocycles. The van der Waals surface area contributed by atoms with E-state index in [4.69, 9.17) is 5.11 Å². The first-order chi connectivity index (χ1) is 11.1. The summed E-state index contributed by atoms with van der Waals surface area (Å²) < 4.78 is 0. The Morgan fingerprint density at radius 3 is 2.43 bits per heavy atom. The number of hydrogen-bond donors (Lipinski definition) is 1. The Morgan fingerprint density at radius 1 is 1.26 bits per heavy atom. The van der Waals surface area contributed by atoms with Crippen molar-refractivity contribution in [1.29, 1.82) is 0 Å². The molecule has 0 radical (unpaired) electrons. The van der Waals surface area contributed by atoms with E-state index in [1.165, 1.54) is 5.56 Å². The number of hydrogen-bond acceptors (Lipinski definition) is 3. The molecule has 1 saturated heterocycles. The van der Waals surface area contributed by atoms with Gasteiger partial charge in [-0.05, 0) is 50.4 Å². The van der Waals surface area contributed by atoms with E-state index in [2.05, 4.69) is 54.0 Å². The van der Waals surface area contributed by atoms with Crippen molar-refractivity contribution in [3.05, 3.63) is 35.9 Å². The Kier molecular flexibility index (Phi) is 7.06. The minimum absolute atomic E-state index is 0.169. The van der Waals surface area contributed by atoms with E-state index >= 15 is 0 Å². The number of benzene rings is 1. The first-order valence-electron chi connectivity index (χ1n) is 8.87. The quantitative estimate of drug-likeness (QED) is 0.800. The van der Waals surface area contributed by atoms with Gasteiger partial charge >= 0.3 is 5.97 Å². The molecule has 4 nitrogen and oxygen atoms in total. The van der Waals surface area contributed by atoms with Gasteiger partial charge in [0.15, 0.2) is 0 Å². The standard InChI is InChI=1S/C19H30N2O2/c1-3-16(17-8-6-5-7-9-17)14-20-12-10-18(11-13-20)21(4-2)15-19(22)23/h5-9,16,18H,3-4,10-15H2,1-2H3,(H,22,23). The lowest BCUT2D eigenvalue weighted by molar-refractivity contribution is -0.139. The molecule has 4 heteroatoms. The van der Waals surface area contributed by atoms with Gasteiger partial charge in [-0.15, -0.1) is 0 Å². The molecule has 1 fully saturated rings. The van der Waals surface area contributed by atoms with Crippen molar-refractivity contribution < 1.29 is 9.90 Å². The summed E-state index contributed by atoms with van der Waals surface area (Å²) in [4.78, 5) is 15.6. The van der Waals surface area contributed by atoms with Gasteiger partial charge in [0.05, 0.1) is 6.54 Å². The molecule has 1 N–H and O–H groups in total. The zero-order chi connectivity index (χ0) is 16.7. The van der Waals surface area contributed by atoms with Crippen molar-refractivity contribution >= 4 is 5.97 Å². The van der Waals surface area contributed by atoms with Crippen LogP contribution in [0.5, 0.6) is 0 Å². The van der Waals surface area contributed by atoms with Crippen LogP contribution >= 0.6 is 0 Å². The highest BCUT2D eigenvalue weighted by molar-refractivity contribution is 5.69. The molecule has 0 bridgehead atoms. The topological polar surface area (TPSA) is 43.8 Å². The summed E-state index contributed by atoms with van der Waals surface area (Å²) in [5.41, 5.74) is 1.43. The first-order valence-corrected chi connectivity index (χ1v) is 8.87. The van der Waals surface area contributed by atoms with Crippen LogP contribution in [0.25, 0.3) is 0 Å². The molecule has 1 heterocycles. The van der Waals surface area contributed by atoms with Crippen LogP contribution in [-0.2, 0) is 4.79 Å². The molecular formula is C19H30N2O2. The summed E-state index contributed by atoms with van der Waals surface area (Å²) in [5, 5.41) is 9.02. The number of carbonyl (C=O) groups is 1. The SMILES string of the molecule is CCC(CN1CCC(N(CC)CC(=O)O)CC1)c1ccccc1. The number of rotatable bonds is 8. The van der Waals surface area contributed by atoms with Crippen LogP contribution in [0.2, 0.25) is 0 Å². The fourth-order valence-corrected chi connectivity index (χ4v) is 3.65. The van der Waals surface area contributed by atoms with E-state index in [-0.39, 0.29) is 6.54 Å². The highest BCUT2D eigenvalue weighted by Crippen LogP contribution is 2.23. The lowest BCUT2D eigenvalue weighted by atomic mass is 9.94. The molecule has 0 saturated carbocycles. The van der Waals surface area contributed by atoms with Gasteiger partial charge < -0.3 is 10.0 Å². The van der Waals surface area contributed by atoms with Crippen LogP contribution in [0.4, 0.5) is 0 Å².